The molecule has 5 nitrogen and oxygen atoms in total. The summed E-state index contributed by atoms with van der Waals surface area (Å²) in [6.07, 6.45) is 6.66. The highest BCUT2D eigenvalue weighted by molar-refractivity contribution is 5.68. The fourth-order valence-electron chi connectivity index (χ4n) is 1.72. The number of hydrogen-bond donors (Lipinski definition) is 1. The molecule has 0 amide bonds. The first-order valence-corrected chi connectivity index (χ1v) is 5.51. The minimum atomic E-state index is 0.583. The zero-order valence-electron chi connectivity index (χ0n) is 9.56. The SMILES string of the molecule is Nc1cn(-c2ccccc2)nc1-c1cnccn1. The van der Waals surface area contributed by atoms with E-state index >= 15 is 0 Å². The highest BCUT2D eigenvalue weighted by Crippen LogP contribution is 2.22. The van der Waals surface area contributed by atoms with Gasteiger partial charge in [0, 0.05) is 12.4 Å². The first-order valence-electron chi connectivity index (χ1n) is 5.51. The lowest BCUT2D eigenvalue weighted by atomic mass is 10.3. The zero-order valence-corrected chi connectivity index (χ0v) is 9.56. The third kappa shape index (κ3) is 1.82. The Hall–Kier alpha value is -2.69. The highest BCUT2D eigenvalue weighted by atomic mass is 15.3. The van der Waals surface area contributed by atoms with Gasteiger partial charge in [-0.05, 0) is 12.1 Å². The summed E-state index contributed by atoms with van der Waals surface area (Å²) in [7, 11) is 0. The molecule has 0 spiro atoms. The first kappa shape index (κ1) is 10.5. The number of para-hydroxylation sites is 1. The molecule has 0 saturated heterocycles. The van der Waals surface area contributed by atoms with Gasteiger partial charge in [-0.15, -0.1) is 0 Å². The van der Waals surface area contributed by atoms with Gasteiger partial charge in [-0.2, -0.15) is 5.10 Å². The molecule has 0 unspecified atom stereocenters. The first-order chi connectivity index (χ1) is 8.84. The molecule has 0 aliphatic heterocycles. The molecule has 0 bridgehead atoms. The second kappa shape index (κ2) is 4.29. The van der Waals surface area contributed by atoms with Crippen molar-refractivity contribution in [2.24, 2.45) is 0 Å². The molecule has 0 atom stereocenters. The van der Waals surface area contributed by atoms with Gasteiger partial charge in [0.1, 0.15) is 11.4 Å². The Kier molecular flexibility index (Phi) is 2.49. The van der Waals surface area contributed by atoms with E-state index < -0.39 is 0 Å². The predicted molar refractivity (Wildman–Crippen MR) is 69.0 cm³/mol. The van der Waals surface area contributed by atoms with Gasteiger partial charge in [0.15, 0.2) is 0 Å². The second-order valence-corrected chi connectivity index (χ2v) is 3.80. The predicted octanol–water partition coefficient (Wildman–Crippen LogP) is 1.91. The van der Waals surface area contributed by atoms with Gasteiger partial charge in [-0.1, -0.05) is 18.2 Å². The summed E-state index contributed by atoms with van der Waals surface area (Å²) in [4.78, 5) is 8.22. The summed E-state index contributed by atoms with van der Waals surface area (Å²) in [5, 5.41) is 4.44. The summed E-state index contributed by atoms with van der Waals surface area (Å²) < 4.78 is 1.74. The van der Waals surface area contributed by atoms with E-state index in [1.165, 1.54) is 0 Å². The van der Waals surface area contributed by atoms with Gasteiger partial charge in [-0.3, -0.25) is 9.97 Å². The topological polar surface area (TPSA) is 69.6 Å². The lowest BCUT2D eigenvalue weighted by Gasteiger charge is -1.99. The molecule has 0 fully saturated rings. The Morgan fingerprint density at radius 3 is 2.61 bits per heavy atom. The van der Waals surface area contributed by atoms with Crippen LogP contribution in [0, 0.1) is 0 Å². The van der Waals surface area contributed by atoms with Crippen molar-refractivity contribution in [3.63, 3.8) is 0 Å². The van der Waals surface area contributed by atoms with Crippen LogP contribution in [-0.4, -0.2) is 19.7 Å². The number of nitrogens with two attached hydrogens (primary N) is 1. The van der Waals surface area contributed by atoms with Gasteiger partial charge in [0.05, 0.1) is 23.8 Å². The number of nitrogen functional groups attached to an aromatic ring is 1. The smallest absolute Gasteiger partial charge is 0.136 e. The highest BCUT2D eigenvalue weighted by Gasteiger charge is 2.10. The molecule has 88 valence electrons. The lowest BCUT2D eigenvalue weighted by molar-refractivity contribution is 0.882. The van der Waals surface area contributed by atoms with Crippen molar-refractivity contribution in [3.8, 4) is 17.1 Å². The second-order valence-electron chi connectivity index (χ2n) is 3.80. The molecule has 3 rings (SSSR count). The van der Waals surface area contributed by atoms with Gasteiger partial charge in [0.25, 0.3) is 0 Å². The summed E-state index contributed by atoms with van der Waals surface area (Å²) >= 11 is 0. The largest absolute Gasteiger partial charge is 0.396 e. The molecule has 0 radical (unpaired) electrons. The molecule has 18 heavy (non-hydrogen) atoms. The van der Waals surface area contributed by atoms with E-state index in [0.29, 0.717) is 17.1 Å². The van der Waals surface area contributed by atoms with Crippen LogP contribution < -0.4 is 5.73 Å². The van der Waals surface area contributed by atoms with E-state index in [1.54, 1.807) is 29.5 Å². The van der Waals surface area contributed by atoms with Crippen LogP contribution in [0.4, 0.5) is 5.69 Å². The van der Waals surface area contributed by atoms with Crippen molar-refractivity contribution in [2.75, 3.05) is 5.73 Å². The molecular formula is C13H11N5. The van der Waals surface area contributed by atoms with Gasteiger partial charge >= 0.3 is 0 Å². The Bertz CT molecular complexity index is 646. The number of aromatic nitrogens is 4. The Morgan fingerprint density at radius 2 is 1.89 bits per heavy atom. The average Bonchev–Trinajstić information content (AvgIpc) is 2.83. The van der Waals surface area contributed by atoms with Crippen LogP contribution in [0.3, 0.4) is 0 Å². The fourth-order valence-corrected chi connectivity index (χ4v) is 1.72. The molecule has 0 aliphatic carbocycles. The van der Waals surface area contributed by atoms with E-state index in [-0.39, 0.29) is 0 Å². The van der Waals surface area contributed by atoms with Crippen LogP contribution >= 0.6 is 0 Å². The summed E-state index contributed by atoms with van der Waals surface area (Å²) in [5.74, 6) is 0. The Balaban J connectivity index is 2.07. The Morgan fingerprint density at radius 1 is 1.06 bits per heavy atom. The van der Waals surface area contributed by atoms with E-state index in [9.17, 15) is 0 Å². The van der Waals surface area contributed by atoms with Crippen molar-refractivity contribution in [2.45, 2.75) is 0 Å². The molecule has 3 aromatic rings. The quantitative estimate of drug-likeness (QED) is 0.739. The minimum absolute atomic E-state index is 0.583. The normalized spacial score (nSPS) is 10.4. The maximum absolute atomic E-state index is 5.96. The van der Waals surface area contributed by atoms with E-state index in [4.69, 9.17) is 5.73 Å². The molecule has 1 aromatic carbocycles. The lowest BCUT2D eigenvalue weighted by Crippen LogP contribution is -1.94. The minimum Gasteiger partial charge on any atom is -0.396 e. The molecule has 2 heterocycles. The molecule has 0 aliphatic rings. The number of benzene rings is 1. The van der Waals surface area contributed by atoms with Crippen molar-refractivity contribution in [3.05, 3.63) is 55.1 Å². The standard InChI is InChI=1S/C13H11N5/c14-11-9-18(10-4-2-1-3-5-10)17-13(11)12-8-15-6-7-16-12/h1-9H,14H2. The van der Waals surface area contributed by atoms with E-state index in [0.717, 1.165) is 5.69 Å². The molecule has 0 saturated carbocycles. The van der Waals surface area contributed by atoms with Crippen LogP contribution in [-0.2, 0) is 0 Å². The van der Waals surface area contributed by atoms with Gasteiger partial charge < -0.3 is 5.73 Å². The Labute approximate surface area is 104 Å². The number of nitrogens with zero attached hydrogens (tertiary/aromatic N) is 4. The van der Waals surface area contributed by atoms with Crippen LogP contribution in [0.15, 0.2) is 55.1 Å². The molecular weight excluding hydrogens is 226 g/mol. The van der Waals surface area contributed by atoms with Crippen LogP contribution in [0.5, 0.6) is 0 Å². The van der Waals surface area contributed by atoms with Crippen molar-refractivity contribution in [1.29, 1.82) is 0 Å². The third-order valence-electron chi connectivity index (χ3n) is 2.57. The zero-order chi connectivity index (χ0) is 12.4. The average molecular weight is 237 g/mol. The number of anilines is 1. The maximum atomic E-state index is 5.96. The van der Waals surface area contributed by atoms with Crippen LogP contribution in [0.1, 0.15) is 0 Å². The fraction of sp³-hybridized carbons (Fsp3) is 0. The number of rotatable bonds is 2. The molecule has 2 N–H and O–H groups in total. The van der Waals surface area contributed by atoms with Crippen molar-refractivity contribution >= 4 is 5.69 Å². The van der Waals surface area contributed by atoms with Crippen molar-refractivity contribution < 1.29 is 0 Å². The molecule has 2 aromatic heterocycles. The van der Waals surface area contributed by atoms with Gasteiger partial charge in [0.2, 0.25) is 0 Å². The van der Waals surface area contributed by atoms with Gasteiger partial charge in [-0.25, -0.2) is 4.68 Å². The third-order valence-corrected chi connectivity index (χ3v) is 2.57. The molecule has 5 heteroatoms. The van der Waals surface area contributed by atoms with E-state index in [2.05, 4.69) is 15.1 Å². The van der Waals surface area contributed by atoms with Crippen LogP contribution in [0.25, 0.3) is 17.1 Å². The van der Waals surface area contributed by atoms with E-state index in [1.807, 2.05) is 30.3 Å². The number of hydrogen-bond acceptors (Lipinski definition) is 4. The monoisotopic (exact) mass is 237 g/mol. The van der Waals surface area contributed by atoms with Crippen molar-refractivity contribution in [1.82, 2.24) is 19.7 Å². The summed E-state index contributed by atoms with van der Waals surface area (Å²) in [6.45, 7) is 0. The summed E-state index contributed by atoms with van der Waals surface area (Å²) in [6, 6.07) is 9.80. The maximum Gasteiger partial charge on any atom is 0.136 e. The van der Waals surface area contributed by atoms with Crippen LogP contribution in [0.2, 0.25) is 0 Å². The summed E-state index contributed by atoms with van der Waals surface area (Å²) in [5.41, 5.74) is 8.82.